The number of carbonyl (C=O) groups is 1. The SMILES string of the molecule is CC1(COc2ccc(C(N)=O)cc2)CN([S+]([O-])c2ccc(Cl)cc2Cl)C1. The van der Waals surface area contributed by atoms with E-state index in [4.69, 9.17) is 33.7 Å². The van der Waals surface area contributed by atoms with Gasteiger partial charge in [-0.05, 0) is 42.5 Å². The molecule has 1 atom stereocenters. The summed E-state index contributed by atoms with van der Waals surface area (Å²) in [5.74, 6) is 0.193. The molecule has 0 radical (unpaired) electrons. The molecule has 2 aromatic carbocycles. The van der Waals surface area contributed by atoms with Crippen LogP contribution in [0.25, 0.3) is 0 Å². The van der Waals surface area contributed by atoms with Crippen LogP contribution in [0.2, 0.25) is 10.0 Å². The lowest BCUT2D eigenvalue weighted by Gasteiger charge is -2.45. The van der Waals surface area contributed by atoms with Gasteiger partial charge in [0.2, 0.25) is 5.91 Å². The Morgan fingerprint density at radius 3 is 2.50 bits per heavy atom. The zero-order chi connectivity index (χ0) is 18.9. The van der Waals surface area contributed by atoms with Crippen LogP contribution in [0.3, 0.4) is 0 Å². The van der Waals surface area contributed by atoms with Crippen LogP contribution in [0.5, 0.6) is 5.75 Å². The van der Waals surface area contributed by atoms with Gasteiger partial charge in [0.05, 0.1) is 36.1 Å². The molecule has 26 heavy (non-hydrogen) atoms. The Morgan fingerprint density at radius 2 is 1.92 bits per heavy atom. The molecule has 0 aliphatic carbocycles. The van der Waals surface area contributed by atoms with Crippen LogP contribution in [0, 0.1) is 5.41 Å². The fourth-order valence-electron chi connectivity index (χ4n) is 2.74. The van der Waals surface area contributed by atoms with Crippen molar-refractivity contribution in [2.75, 3.05) is 19.7 Å². The topological polar surface area (TPSA) is 78.6 Å². The third-order valence-electron chi connectivity index (χ3n) is 4.16. The number of benzene rings is 2. The highest BCUT2D eigenvalue weighted by Gasteiger charge is 2.47. The van der Waals surface area contributed by atoms with Crippen LogP contribution in [0.15, 0.2) is 47.4 Å². The molecule has 138 valence electrons. The van der Waals surface area contributed by atoms with E-state index in [2.05, 4.69) is 6.92 Å². The van der Waals surface area contributed by atoms with Gasteiger partial charge in [-0.25, -0.2) is 0 Å². The maximum atomic E-state index is 12.6. The second-order valence-electron chi connectivity index (χ2n) is 6.61. The van der Waals surface area contributed by atoms with Gasteiger partial charge in [-0.1, -0.05) is 30.1 Å². The lowest BCUT2D eigenvalue weighted by molar-refractivity contribution is 0.0360. The van der Waals surface area contributed by atoms with E-state index in [0.717, 1.165) is 0 Å². The predicted molar refractivity (Wildman–Crippen MR) is 103 cm³/mol. The van der Waals surface area contributed by atoms with Crippen LogP contribution >= 0.6 is 23.2 Å². The van der Waals surface area contributed by atoms with Crippen LogP contribution < -0.4 is 10.5 Å². The lowest BCUT2D eigenvalue weighted by Crippen LogP contribution is -2.59. The minimum absolute atomic E-state index is 0.114. The largest absolute Gasteiger partial charge is 0.593 e. The van der Waals surface area contributed by atoms with Crippen molar-refractivity contribution in [3.8, 4) is 5.75 Å². The first-order valence-corrected chi connectivity index (χ1v) is 9.78. The molecule has 5 nitrogen and oxygen atoms in total. The Bertz CT molecular complexity index is 811. The summed E-state index contributed by atoms with van der Waals surface area (Å²) in [5, 5.41) is 0.912. The van der Waals surface area contributed by atoms with Crippen LogP contribution in [-0.2, 0) is 11.4 Å². The zero-order valence-corrected chi connectivity index (χ0v) is 16.4. The van der Waals surface area contributed by atoms with Gasteiger partial charge >= 0.3 is 0 Å². The molecule has 0 aromatic heterocycles. The standard InChI is InChI=1S/C18H18Cl2N2O3S/c1-18(11-25-14-5-2-12(3-6-14)17(21)23)9-22(10-18)26(24)16-7-4-13(19)8-15(16)20/h2-8H,9-11H2,1H3,(H2,21,23). The van der Waals surface area contributed by atoms with Crippen molar-refractivity contribution in [3.05, 3.63) is 58.1 Å². The van der Waals surface area contributed by atoms with Crippen LogP contribution in [-0.4, -0.2) is 34.5 Å². The maximum absolute atomic E-state index is 12.6. The first kappa shape index (κ1) is 19.3. The molecule has 1 amide bonds. The molecule has 1 heterocycles. The van der Waals surface area contributed by atoms with Gasteiger partial charge in [-0.2, -0.15) is 0 Å². The van der Waals surface area contributed by atoms with Crippen LogP contribution in [0.4, 0.5) is 0 Å². The average Bonchev–Trinajstić information content (AvgIpc) is 2.57. The summed E-state index contributed by atoms with van der Waals surface area (Å²) in [5.41, 5.74) is 5.54. The number of primary amides is 1. The lowest BCUT2D eigenvalue weighted by atomic mass is 9.85. The van der Waals surface area contributed by atoms with E-state index in [1.54, 1.807) is 42.5 Å². The molecule has 2 N–H and O–H groups in total. The highest BCUT2D eigenvalue weighted by molar-refractivity contribution is 7.89. The van der Waals surface area contributed by atoms with Gasteiger partial charge < -0.3 is 15.0 Å². The average molecular weight is 413 g/mol. The monoisotopic (exact) mass is 412 g/mol. The number of nitrogens with zero attached hydrogens (tertiary/aromatic N) is 1. The molecule has 2 aromatic rings. The summed E-state index contributed by atoms with van der Waals surface area (Å²) in [6.45, 7) is 3.79. The van der Waals surface area contributed by atoms with E-state index in [-0.39, 0.29) is 5.41 Å². The van der Waals surface area contributed by atoms with Crippen molar-refractivity contribution in [2.45, 2.75) is 11.8 Å². The molecule has 1 fully saturated rings. The summed E-state index contributed by atoms with van der Waals surface area (Å²) in [7, 11) is 0. The smallest absolute Gasteiger partial charge is 0.248 e. The van der Waals surface area contributed by atoms with E-state index < -0.39 is 17.3 Å². The van der Waals surface area contributed by atoms with E-state index in [0.29, 0.717) is 46.0 Å². The first-order valence-electron chi connectivity index (χ1n) is 7.92. The van der Waals surface area contributed by atoms with E-state index >= 15 is 0 Å². The van der Waals surface area contributed by atoms with Gasteiger partial charge in [0.25, 0.3) is 0 Å². The first-order chi connectivity index (χ1) is 12.3. The van der Waals surface area contributed by atoms with Crippen molar-refractivity contribution in [1.82, 2.24) is 4.31 Å². The summed E-state index contributed by atoms with van der Waals surface area (Å²) < 4.78 is 20.3. The molecular weight excluding hydrogens is 395 g/mol. The summed E-state index contributed by atoms with van der Waals surface area (Å²) in [6.07, 6.45) is 0. The van der Waals surface area contributed by atoms with Crippen molar-refractivity contribution < 1.29 is 14.1 Å². The minimum Gasteiger partial charge on any atom is -0.593 e. The number of halogens is 2. The molecule has 0 saturated carbocycles. The Labute approximate surface area is 165 Å². The summed E-state index contributed by atoms with van der Waals surface area (Å²) >= 11 is 10.7. The fraction of sp³-hybridized carbons (Fsp3) is 0.278. The van der Waals surface area contributed by atoms with E-state index in [9.17, 15) is 9.35 Å². The summed E-state index contributed by atoms with van der Waals surface area (Å²) in [4.78, 5) is 11.6. The van der Waals surface area contributed by atoms with Gasteiger partial charge in [-0.3, -0.25) is 4.79 Å². The van der Waals surface area contributed by atoms with E-state index in [1.165, 1.54) is 0 Å². The number of rotatable bonds is 6. The van der Waals surface area contributed by atoms with Crippen molar-refractivity contribution >= 4 is 40.5 Å². The second-order valence-corrected chi connectivity index (χ2v) is 8.91. The highest BCUT2D eigenvalue weighted by Crippen LogP contribution is 2.37. The molecule has 1 unspecified atom stereocenters. The quantitative estimate of drug-likeness (QED) is 0.736. The zero-order valence-electron chi connectivity index (χ0n) is 14.1. The number of ether oxygens (including phenoxy) is 1. The normalized spacial score (nSPS) is 17.4. The number of carbonyl (C=O) groups excluding carboxylic acids is 1. The molecule has 0 bridgehead atoms. The Kier molecular flexibility index (Phi) is 5.69. The number of hydrogen-bond donors (Lipinski definition) is 1. The maximum Gasteiger partial charge on any atom is 0.248 e. The third-order valence-corrected chi connectivity index (χ3v) is 6.28. The number of hydrogen-bond acceptors (Lipinski definition) is 4. The van der Waals surface area contributed by atoms with Crippen molar-refractivity contribution in [2.24, 2.45) is 11.1 Å². The van der Waals surface area contributed by atoms with Gasteiger partial charge in [-0.15, -0.1) is 4.31 Å². The van der Waals surface area contributed by atoms with Crippen molar-refractivity contribution in [1.29, 1.82) is 0 Å². The predicted octanol–water partition coefficient (Wildman–Crippen LogP) is 3.52. The van der Waals surface area contributed by atoms with Gasteiger partial charge in [0.1, 0.15) is 5.75 Å². The highest BCUT2D eigenvalue weighted by atomic mass is 35.5. The molecule has 3 rings (SSSR count). The summed E-state index contributed by atoms with van der Waals surface area (Å²) in [6, 6.07) is 11.6. The molecule has 1 aliphatic rings. The molecule has 8 heteroatoms. The molecule has 1 saturated heterocycles. The molecule has 0 spiro atoms. The van der Waals surface area contributed by atoms with Gasteiger partial charge in [0, 0.05) is 16.0 Å². The van der Waals surface area contributed by atoms with Gasteiger partial charge in [0.15, 0.2) is 4.90 Å². The fourth-order valence-corrected chi connectivity index (χ4v) is 4.90. The number of amides is 1. The van der Waals surface area contributed by atoms with E-state index in [1.807, 2.05) is 4.31 Å². The Balaban J connectivity index is 1.55. The van der Waals surface area contributed by atoms with Crippen LogP contribution in [0.1, 0.15) is 17.3 Å². The Morgan fingerprint density at radius 1 is 1.27 bits per heavy atom. The third kappa shape index (κ3) is 4.27. The van der Waals surface area contributed by atoms with Crippen molar-refractivity contribution in [3.63, 3.8) is 0 Å². The Hall–Kier alpha value is -1.44. The second kappa shape index (κ2) is 7.66. The molecule has 1 aliphatic heterocycles. The molecular formula is C18H18Cl2N2O3S. The number of nitrogens with two attached hydrogens (primary N) is 1. The minimum atomic E-state index is -1.33.